The first-order valence-corrected chi connectivity index (χ1v) is 7.29. The number of rotatable bonds is 6. The summed E-state index contributed by atoms with van der Waals surface area (Å²) in [6.07, 6.45) is 2.77. The van der Waals surface area contributed by atoms with Gasteiger partial charge in [-0.2, -0.15) is 0 Å². The first-order chi connectivity index (χ1) is 9.22. The smallest absolute Gasteiger partial charge is 0.0702 e. The van der Waals surface area contributed by atoms with Crippen molar-refractivity contribution in [2.24, 2.45) is 5.73 Å². The standard InChI is InChI=1S/C16H26N2O/c1-13(14-7-4-3-5-8-14)16(11-17)18(2)12-15-9-6-10-19-15/h3-5,7-8,13,15-16H,6,9-12,17H2,1-2H3. The Morgan fingerprint density at radius 3 is 2.68 bits per heavy atom. The van der Waals surface area contributed by atoms with Gasteiger partial charge in [-0.15, -0.1) is 0 Å². The Morgan fingerprint density at radius 1 is 1.37 bits per heavy atom. The summed E-state index contributed by atoms with van der Waals surface area (Å²) in [4.78, 5) is 2.37. The highest BCUT2D eigenvalue weighted by atomic mass is 16.5. The van der Waals surface area contributed by atoms with Gasteiger partial charge in [-0.1, -0.05) is 37.3 Å². The molecule has 3 heteroatoms. The van der Waals surface area contributed by atoms with Crippen LogP contribution in [0.25, 0.3) is 0 Å². The van der Waals surface area contributed by atoms with E-state index < -0.39 is 0 Å². The lowest BCUT2D eigenvalue weighted by atomic mass is 9.92. The summed E-state index contributed by atoms with van der Waals surface area (Å²) in [6.45, 7) is 4.84. The molecule has 1 fully saturated rings. The molecule has 3 unspecified atom stereocenters. The third-order valence-corrected chi connectivity index (χ3v) is 4.23. The van der Waals surface area contributed by atoms with Gasteiger partial charge >= 0.3 is 0 Å². The quantitative estimate of drug-likeness (QED) is 0.854. The number of hydrogen-bond donors (Lipinski definition) is 1. The zero-order chi connectivity index (χ0) is 13.7. The van der Waals surface area contributed by atoms with Crippen LogP contribution in [0, 0.1) is 0 Å². The minimum absolute atomic E-state index is 0.367. The van der Waals surface area contributed by atoms with Gasteiger partial charge in [0.25, 0.3) is 0 Å². The molecule has 1 heterocycles. The Labute approximate surface area is 116 Å². The van der Waals surface area contributed by atoms with Crippen molar-refractivity contribution >= 4 is 0 Å². The number of ether oxygens (including phenoxy) is 1. The fourth-order valence-electron chi connectivity index (χ4n) is 2.99. The van der Waals surface area contributed by atoms with Gasteiger partial charge in [0.15, 0.2) is 0 Å². The third-order valence-electron chi connectivity index (χ3n) is 4.23. The molecule has 106 valence electrons. The zero-order valence-corrected chi connectivity index (χ0v) is 12.1. The molecule has 0 saturated carbocycles. The van der Waals surface area contributed by atoms with Gasteiger partial charge in [0.2, 0.25) is 0 Å². The van der Waals surface area contributed by atoms with Gasteiger partial charge in [-0.05, 0) is 31.4 Å². The van der Waals surface area contributed by atoms with E-state index >= 15 is 0 Å². The summed E-state index contributed by atoms with van der Waals surface area (Å²) in [5, 5.41) is 0. The lowest BCUT2D eigenvalue weighted by Crippen LogP contribution is -2.44. The average molecular weight is 262 g/mol. The van der Waals surface area contributed by atoms with Crippen LogP contribution in [0.2, 0.25) is 0 Å². The minimum Gasteiger partial charge on any atom is -0.377 e. The topological polar surface area (TPSA) is 38.5 Å². The van der Waals surface area contributed by atoms with E-state index in [1.807, 2.05) is 0 Å². The molecule has 2 rings (SSSR count). The lowest BCUT2D eigenvalue weighted by molar-refractivity contribution is 0.0654. The molecule has 1 aromatic rings. The van der Waals surface area contributed by atoms with Crippen molar-refractivity contribution in [3.63, 3.8) is 0 Å². The van der Waals surface area contributed by atoms with Gasteiger partial charge in [0.1, 0.15) is 0 Å². The summed E-state index contributed by atoms with van der Waals surface area (Å²) < 4.78 is 5.72. The molecule has 2 N–H and O–H groups in total. The van der Waals surface area contributed by atoms with Crippen LogP contribution in [-0.2, 0) is 4.74 Å². The highest BCUT2D eigenvalue weighted by molar-refractivity contribution is 5.20. The van der Waals surface area contributed by atoms with Gasteiger partial charge in [-0.3, -0.25) is 4.90 Å². The number of hydrogen-bond acceptors (Lipinski definition) is 3. The SMILES string of the molecule is CC(c1ccccc1)C(CN)N(C)CC1CCCO1. The molecule has 0 radical (unpaired) electrons. The molecular weight excluding hydrogens is 236 g/mol. The average Bonchev–Trinajstić information content (AvgIpc) is 2.93. The van der Waals surface area contributed by atoms with Crippen molar-refractivity contribution in [1.29, 1.82) is 0 Å². The maximum absolute atomic E-state index is 6.00. The summed E-state index contributed by atoms with van der Waals surface area (Å²) in [6, 6.07) is 11.0. The second-order valence-electron chi connectivity index (χ2n) is 5.58. The number of benzene rings is 1. The van der Waals surface area contributed by atoms with Crippen molar-refractivity contribution in [2.75, 3.05) is 26.7 Å². The van der Waals surface area contributed by atoms with E-state index in [0.717, 1.165) is 13.2 Å². The van der Waals surface area contributed by atoms with Crippen LogP contribution < -0.4 is 5.73 Å². The molecule has 3 atom stereocenters. The molecule has 1 aliphatic rings. The third kappa shape index (κ3) is 3.78. The van der Waals surface area contributed by atoms with E-state index in [2.05, 4.69) is 49.2 Å². The van der Waals surface area contributed by atoms with E-state index in [-0.39, 0.29) is 0 Å². The van der Waals surface area contributed by atoms with Crippen LogP contribution in [0.3, 0.4) is 0 Å². The molecular formula is C16H26N2O. The van der Waals surface area contributed by atoms with Crippen LogP contribution in [-0.4, -0.2) is 43.8 Å². The summed E-state index contributed by atoms with van der Waals surface area (Å²) in [5.74, 6) is 0.442. The first-order valence-electron chi connectivity index (χ1n) is 7.29. The van der Waals surface area contributed by atoms with Crippen molar-refractivity contribution < 1.29 is 4.74 Å². The van der Waals surface area contributed by atoms with E-state index in [1.165, 1.54) is 18.4 Å². The van der Waals surface area contributed by atoms with E-state index in [9.17, 15) is 0 Å². The predicted octanol–water partition coefficient (Wildman–Crippen LogP) is 2.23. The molecule has 0 spiro atoms. The lowest BCUT2D eigenvalue weighted by Gasteiger charge is -2.33. The Balaban J connectivity index is 1.97. The molecule has 1 aliphatic heterocycles. The van der Waals surface area contributed by atoms with Crippen LogP contribution in [0.5, 0.6) is 0 Å². The van der Waals surface area contributed by atoms with Crippen LogP contribution >= 0.6 is 0 Å². The van der Waals surface area contributed by atoms with Gasteiger partial charge in [0, 0.05) is 25.7 Å². The molecule has 1 aromatic carbocycles. The summed E-state index contributed by atoms with van der Waals surface area (Å²) in [5.41, 5.74) is 7.36. The molecule has 19 heavy (non-hydrogen) atoms. The number of nitrogens with zero attached hydrogens (tertiary/aromatic N) is 1. The largest absolute Gasteiger partial charge is 0.377 e. The minimum atomic E-state index is 0.367. The van der Waals surface area contributed by atoms with Crippen LogP contribution in [0.1, 0.15) is 31.2 Å². The fourth-order valence-corrected chi connectivity index (χ4v) is 2.99. The second kappa shape index (κ2) is 7.04. The van der Waals surface area contributed by atoms with Gasteiger partial charge < -0.3 is 10.5 Å². The van der Waals surface area contributed by atoms with Gasteiger partial charge in [-0.25, -0.2) is 0 Å². The molecule has 0 aliphatic carbocycles. The maximum Gasteiger partial charge on any atom is 0.0702 e. The van der Waals surface area contributed by atoms with Crippen molar-refractivity contribution in [1.82, 2.24) is 4.90 Å². The molecule has 3 nitrogen and oxygen atoms in total. The van der Waals surface area contributed by atoms with Crippen LogP contribution in [0.4, 0.5) is 0 Å². The first kappa shape index (κ1) is 14.5. The Kier molecular flexibility index (Phi) is 5.37. The predicted molar refractivity (Wildman–Crippen MR) is 79.3 cm³/mol. The van der Waals surface area contributed by atoms with Crippen LogP contribution in [0.15, 0.2) is 30.3 Å². The maximum atomic E-state index is 6.00. The molecule has 1 saturated heterocycles. The fraction of sp³-hybridized carbons (Fsp3) is 0.625. The molecule has 0 bridgehead atoms. The molecule has 0 aromatic heterocycles. The molecule has 0 amide bonds. The van der Waals surface area contributed by atoms with Gasteiger partial charge in [0.05, 0.1) is 6.10 Å². The highest BCUT2D eigenvalue weighted by Gasteiger charge is 2.25. The number of nitrogens with two attached hydrogens (primary N) is 1. The Morgan fingerprint density at radius 2 is 2.11 bits per heavy atom. The second-order valence-corrected chi connectivity index (χ2v) is 5.58. The van der Waals surface area contributed by atoms with E-state index in [0.29, 0.717) is 24.6 Å². The van der Waals surface area contributed by atoms with E-state index in [4.69, 9.17) is 10.5 Å². The Bertz CT molecular complexity index is 362. The zero-order valence-electron chi connectivity index (χ0n) is 12.1. The highest BCUT2D eigenvalue weighted by Crippen LogP contribution is 2.23. The summed E-state index contributed by atoms with van der Waals surface area (Å²) >= 11 is 0. The van der Waals surface area contributed by atoms with E-state index in [1.54, 1.807) is 0 Å². The van der Waals surface area contributed by atoms with Crippen molar-refractivity contribution in [3.05, 3.63) is 35.9 Å². The number of likely N-dealkylation sites (N-methyl/N-ethyl adjacent to an activating group) is 1. The van der Waals surface area contributed by atoms with Crippen molar-refractivity contribution in [2.45, 2.75) is 37.8 Å². The monoisotopic (exact) mass is 262 g/mol. The normalized spacial score (nSPS) is 22.6. The summed E-state index contributed by atoms with van der Waals surface area (Å²) in [7, 11) is 2.17. The van der Waals surface area contributed by atoms with Crippen molar-refractivity contribution in [3.8, 4) is 0 Å². The Hall–Kier alpha value is -0.900.